The van der Waals surface area contributed by atoms with Crippen molar-refractivity contribution >= 4 is 41.1 Å². The van der Waals surface area contributed by atoms with E-state index in [0.717, 1.165) is 11.1 Å². The third-order valence-corrected chi connectivity index (χ3v) is 4.51. The quantitative estimate of drug-likeness (QED) is 0.386. The number of carbonyl (C=O) groups excluding carboxylic acids is 1. The number of anilines is 1. The topological polar surface area (TPSA) is 44.7 Å². The second kappa shape index (κ2) is 9.93. The number of benzene rings is 3. The van der Waals surface area contributed by atoms with E-state index in [4.69, 9.17) is 23.2 Å². The van der Waals surface area contributed by atoms with Crippen molar-refractivity contribution in [3.63, 3.8) is 0 Å². The zero-order chi connectivity index (χ0) is 19.8. The van der Waals surface area contributed by atoms with Gasteiger partial charge in [0, 0.05) is 15.7 Å². The highest BCUT2D eigenvalue weighted by atomic mass is 35.5. The predicted octanol–water partition coefficient (Wildman–Crippen LogP) is 6.10. The summed E-state index contributed by atoms with van der Waals surface area (Å²) in [7, 11) is 0. The lowest BCUT2D eigenvalue weighted by molar-refractivity contribution is 0.215. The van der Waals surface area contributed by atoms with Gasteiger partial charge in [-0.15, -0.1) is 0 Å². The summed E-state index contributed by atoms with van der Waals surface area (Å²) < 4.78 is 0. The lowest BCUT2D eigenvalue weighted by Gasteiger charge is -2.18. The van der Waals surface area contributed by atoms with Gasteiger partial charge in [0.15, 0.2) is 0 Å². The standard InChI is InChI=1S/C22H19Cl2N3O/c23-19-8-6-18(7-9-19)16-25-27(15-14-17-4-2-1-3-5-17)22(28)26-21-12-10-20(24)11-13-21/h1-13,16H,14-15H2,(H,26,28)/b25-16+. The monoisotopic (exact) mass is 411 g/mol. The molecule has 1 N–H and O–H groups in total. The minimum atomic E-state index is -0.316. The van der Waals surface area contributed by atoms with E-state index in [0.29, 0.717) is 28.7 Å². The Labute approximate surface area is 174 Å². The molecule has 3 aromatic carbocycles. The van der Waals surface area contributed by atoms with Crippen molar-refractivity contribution < 1.29 is 4.79 Å². The molecule has 0 spiro atoms. The molecule has 0 saturated heterocycles. The normalized spacial score (nSPS) is 10.8. The first kappa shape index (κ1) is 19.9. The van der Waals surface area contributed by atoms with Crippen LogP contribution in [0.3, 0.4) is 0 Å². The van der Waals surface area contributed by atoms with Crippen molar-refractivity contribution in [2.45, 2.75) is 6.42 Å². The number of halogens is 2. The Hall–Kier alpha value is -2.82. The minimum absolute atomic E-state index is 0.316. The second-order valence-corrected chi connectivity index (χ2v) is 6.96. The van der Waals surface area contributed by atoms with Gasteiger partial charge in [-0.05, 0) is 53.9 Å². The van der Waals surface area contributed by atoms with Gasteiger partial charge in [-0.1, -0.05) is 65.7 Å². The van der Waals surface area contributed by atoms with E-state index in [1.165, 1.54) is 5.01 Å². The smallest absolute Gasteiger partial charge is 0.306 e. The highest BCUT2D eigenvalue weighted by molar-refractivity contribution is 6.30. The van der Waals surface area contributed by atoms with E-state index < -0.39 is 0 Å². The lowest BCUT2D eigenvalue weighted by atomic mass is 10.1. The molecule has 0 heterocycles. The van der Waals surface area contributed by atoms with E-state index in [2.05, 4.69) is 10.4 Å². The molecule has 2 amide bonds. The molecule has 0 atom stereocenters. The van der Waals surface area contributed by atoms with Crippen LogP contribution in [0.25, 0.3) is 0 Å². The fourth-order valence-electron chi connectivity index (χ4n) is 2.50. The van der Waals surface area contributed by atoms with Crippen LogP contribution in [0.2, 0.25) is 10.0 Å². The molecule has 0 aliphatic heterocycles. The Morgan fingerprint density at radius 2 is 1.50 bits per heavy atom. The summed E-state index contributed by atoms with van der Waals surface area (Å²) in [6, 6.07) is 23.9. The average Bonchev–Trinajstić information content (AvgIpc) is 2.72. The van der Waals surface area contributed by atoms with Crippen LogP contribution in [0.15, 0.2) is 84.0 Å². The van der Waals surface area contributed by atoms with Gasteiger partial charge < -0.3 is 5.32 Å². The van der Waals surface area contributed by atoms with Crippen LogP contribution in [-0.2, 0) is 6.42 Å². The Morgan fingerprint density at radius 1 is 0.893 bits per heavy atom. The zero-order valence-electron chi connectivity index (χ0n) is 15.1. The minimum Gasteiger partial charge on any atom is -0.306 e. The lowest BCUT2D eigenvalue weighted by Crippen LogP contribution is -2.32. The van der Waals surface area contributed by atoms with Crippen LogP contribution >= 0.6 is 23.2 Å². The highest BCUT2D eigenvalue weighted by Gasteiger charge is 2.12. The number of carbonyl (C=O) groups is 1. The van der Waals surface area contributed by atoms with Crippen molar-refractivity contribution in [2.24, 2.45) is 5.10 Å². The van der Waals surface area contributed by atoms with Crippen LogP contribution in [0.5, 0.6) is 0 Å². The zero-order valence-corrected chi connectivity index (χ0v) is 16.6. The molecule has 3 rings (SSSR count). The van der Waals surface area contributed by atoms with Crippen LogP contribution < -0.4 is 5.32 Å². The fraction of sp³-hybridized carbons (Fsp3) is 0.0909. The van der Waals surface area contributed by atoms with E-state index in [-0.39, 0.29) is 6.03 Å². The number of hydrogen-bond donors (Lipinski definition) is 1. The number of nitrogens with one attached hydrogen (secondary N) is 1. The van der Waals surface area contributed by atoms with Crippen molar-refractivity contribution in [2.75, 3.05) is 11.9 Å². The van der Waals surface area contributed by atoms with Crippen molar-refractivity contribution in [1.29, 1.82) is 0 Å². The summed E-state index contributed by atoms with van der Waals surface area (Å²) >= 11 is 11.8. The molecule has 0 bridgehead atoms. The maximum absolute atomic E-state index is 12.7. The molecular formula is C22H19Cl2N3O. The van der Waals surface area contributed by atoms with Gasteiger partial charge in [0.2, 0.25) is 0 Å². The molecule has 0 radical (unpaired) electrons. The van der Waals surface area contributed by atoms with E-state index in [1.807, 2.05) is 42.5 Å². The summed E-state index contributed by atoms with van der Waals surface area (Å²) in [4.78, 5) is 12.7. The van der Waals surface area contributed by atoms with Crippen molar-refractivity contribution in [3.8, 4) is 0 Å². The Morgan fingerprint density at radius 3 is 2.14 bits per heavy atom. The van der Waals surface area contributed by atoms with Crippen LogP contribution in [0, 0.1) is 0 Å². The van der Waals surface area contributed by atoms with Crippen molar-refractivity contribution in [1.82, 2.24) is 5.01 Å². The molecule has 0 aliphatic carbocycles. The van der Waals surface area contributed by atoms with E-state index in [9.17, 15) is 4.79 Å². The largest absolute Gasteiger partial charge is 0.342 e. The number of amides is 2. The fourth-order valence-corrected chi connectivity index (χ4v) is 2.75. The second-order valence-electron chi connectivity index (χ2n) is 6.09. The summed E-state index contributed by atoms with van der Waals surface area (Å²) in [5.74, 6) is 0. The van der Waals surface area contributed by atoms with Gasteiger partial charge in [-0.3, -0.25) is 0 Å². The van der Waals surface area contributed by atoms with Crippen LogP contribution in [0.4, 0.5) is 10.5 Å². The summed E-state index contributed by atoms with van der Waals surface area (Å²) in [6.07, 6.45) is 2.33. The molecule has 0 unspecified atom stereocenters. The van der Waals surface area contributed by atoms with Crippen molar-refractivity contribution in [3.05, 3.63) is 100 Å². The molecule has 0 aliphatic rings. The number of urea groups is 1. The SMILES string of the molecule is O=C(Nc1ccc(Cl)cc1)N(CCc1ccccc1)/N=C/c1ccc(Cl)cc1. The molecular weight excluding hydrogens is 393 g/mol. The number of hydrogen-bond acceptors (Lipinski definition) is 2. The van der Waals surface area contributed by atoms with Gasteiger partial charge in [0.05, 0.1) is 12.8 Å². The first-order valence-electron chi connectivity index (χ1n) is 8.78. The van der Waals surface area contributed by atoms with Gasteiger partial charge >= 0.3 is 6.03 Å². The molecule has 3 aromatic rings. The molecule has 0 aromatic heterocycles. The highest BCUT2D eigenvalue weighted by Crippen LogP contribution is 2.14. The summed E-state index contributed by atoms with van der Waals surface area (Å²) in [5.41, 5.74) is 2.64. The maximum Gasteiger partial charge on any atom is 0.342 e. The molecule has 6 heteroatoms. The first-order valence-corrected chi connectivity index (χ1v) is 9.53. The van der Waals surface area contributed by atoms with E-state index >= 15 is 0 Å². The molecule has 0 saturated carbocycles. The molecule has 142 valence electrons. The summed E-state index contributed by atoms with van der Waals surface area (Å²) in [6.45, 7) is 0.438. The first-order chi connectivity index (χ1) is 13.6. The summed E-state index contributed by atoms with van der Waals surface area (Å²) in [5, 5.41) is 9.90. The third-order valence-electron chi connectivity index (χ3n) is 4.00. The Kier molecular flexibility index (Phi) is 7.06. The van der Waals surface area contributed by atoms with Gasteiger partial charge in [-0.25, -0.2) is 9.80 Å². The average molecular weight is 412 g/mol. The van der Waals surface area contributed by atoms with E-state index in [1.54, 1.807) is 42.6 Å². The maximum atomic E-state index is 12.7. The number of hydrazone groups is 1. The third kappa shape index (κ3) is 6.12. The molecule has 28 heavy (non-hydrogen) atoms. The van der Waals surface area contributed by atoms with Gasteiger partial charge in [-0.2, -0.15) is 5.10 Å². The van der Waals surface area contributed by atoms with Crippen LogP contribution in [0.1, 0.15) is 11.1 Å². The Bertz CT molecular complexity index is 926. The predicted molar refractivity (Wildman–Crippen MR) is 116 cm³/mol. The molecule has 4 nitrogen and oxygen atoms in total. The number of rotatable bonds is 6. The van der Waals surface area contributed by atoms with Gasteiger partial charge in [0.25, 0.3) is 0 Å². The van der Waals surface area contributed by atoms with Gasteiger partial charge in [0.1, 0.15) is 0 Å². The molecule has 0 fully saturated rings. The Balaban J connectivity index is 1.73. The van der Waals surface area contributed by atoms with Crippen LogP contribution in [-0.4, -0.2) is 23.8 Å². The number of nitrogens with zero attached hydrogens (tertiary/aromatic N) is 2.